The Hall–Kier alpha value is -6.13. The summed E-state index contributed by atoms with van der Waals surface area (Å²) in [6.45, 7) is 4.22. The fourth-order valence-corrected chi connectivity index (χ4v) is 7.71. The van der Waals surface area contributed by atoms with Crippen LogP contribution in [-0.4, -0.2) is 16.2 Å². The molecule has 0 bridgehead atoms. The number of carbonyl (C=O) groups is 1. The first-order chi connectivity index (χ1) is 22.4. The lowest BCUT2D eigenvalue weighted by molar-refractivity contribution is 0.0696. The summed E-state index contributed by atoms with van der Waals surface area (Å²) in [5.74, 6) is 0.713. The maximum atomic E-state index is 12.7. The first-order valence-electron chi connectivity index (χ1n) is 15.2. The molecular formula is C42H26O4. The van der Waals surface area contributed by atoms with Crippen molar-refractivity contribution in [1.82, 2.24) is 0 Å². The average Bonchev–Trinajstić information content (AvgIpc) is 3.07. The van der Waals surface area contributed by atoms with Gasteiger partial charge in [-0.2, -0.15) is 0 Å². The van der Waals surface area contributed by atoms with E-state index in [9.17, 15) is 15.0 Å². The summed E-state index contributed by atoms with van der Waals surface area (Å²) >= 11 is 0. The van der Waals surface area contributed by atoms with Crippen molar-refractivity contribution < 1.29 is 19.7 Å². The van der Waals surface area contributed by atoms with E-state index in [4.69, 9.17) is 4.74 Å². The van der Waals surface area contributed by atoms with Gasteiger partial charge >= 0.3 is 5.97 Å². The Kier molecular flexibility index (Phi) is 5.39. The largest absolute Gasteiger partial charge is 0.508 e. The molecular weight excluding hydrogens is 568 g/mol. The van der Waals surface area contributed by atoms with Crippen molar-refractivity contribution in [1.29, 1.82) is 0 Å². The van der Waals surface area contributed by atoms with Crippen LogP contribution in [0.15, 0.2) is 133 Å². The molecule has 2 aliphatic rings. The van der Waals surface area contributed by atoms with E-state index in [0.717, 1.165) is 76.9 Å². The van der Waals surface area contributed by atoms with E-state index in [0.29, 0.717) is 5.56 Å². The van der Waals surface area contributed by atoms with Crippen LogP contribution < -0.4 is 15.2 Å². The topological polar surface area (TPSA) is 66.8 Å². The highest BCUT2D eigenvalue weighted by molar-refractivity contribution is 6.02. The molecule has 2 N–H and O–H groups in total. The zero-order chi connectivity index (χ0) is 31.2. The van der Waals surface area contributed by atoms with Crippen LogP contribution in [0.4, 0.5) is 0 Å². The molecule has 0 fully saturated rings. The first-order valence-corrected chi connectivity index (χ1v) is 15.2. The number of para-hydroxylation sites is 2. The minimum Gasteiger partial charge on any atom is -0.508 e. The van der Waals surface area contributed by atoms with E-state index in [1.165, 1.54) is 0 Å². The second-order valence-electron chi connectivity index (χ2n) is 12.1. The molecule has 1 spiro atoms. The number of fused-ring (bicyclic) bond motifs is 10. The molecule has 0 amide bonds. The normalized spacial score (nSPS) is 13.9. The number of carboxylic acid groups (broad SMARTS) is 1. The molecule has 0 aromatic heterocycles. The summed E-state index contributed by atoms with van der Waals surface area (Å²) in [6.07, 6.45) is 0. The lowest BCUT2D eigenvalue weighted by Crippen LogP contribution is -2.42. The molecule has 4 nitrogen and oxygen atoms in total. The van der Waals surface area contributed by atoms with Gasteiger partial charge in [0.15, 0.2) is 0 Å². The number of benzene rings is 7. The van der Waals surface area contributed by atoms with Crippen LogP contribution in [0, 0.1) is 0 Å². The van der Waals surface area contributed by atoms with Crippen molar-refractivity contribution in [3.63, 3.8) is 0 Å². The van der Waals surface area contributed by atoms with Crippen molar-refractivity contribution in [3.05, 3.63) is 183 Å². The van der Waals surface area contributed by atoms with E-state index in [1.807, 2.05) is 60.7 Å². The summed E-state index contributed by atoms with van der Waals surface area (Å²) < 4.78 is 6.58. The van der Waals surface area contributed by atoms with Crippen molar-refractivity contribution in [2.24, 2.45) is 0 Å². The molecule has 7 aromatic rings. The number of phenols is 1. The molecule has 0 radical (unpaired) electrons. The smallest absolute Gasteiger partial charge is 0.336 e. The Bertz CT molecular complexity index is 2530. The van der Waals surface area contributed by atoms with Gasteiger partial charge in [0.05, 0.1) is 11.0 Å². The average molecular weight is 595 g/mol. The van der Waals surface area contributed by atoms with Gasteiger partial charge in [0.25, 0.3) is 0 Å². The number of rotatable bonds is 2. The third-order valence-electron chi connectivity index (χ3n) is 9.58. The van der Waals surface area contributed by atoms with E-state index in [-0.39, 0.29) is 11.3 Å². The minimum absolute atomic E-state index is 0.180. The summed E-state index contributed by atoms with van der Waals surface area (Å²) in [4.78, 5) is 12.7. The van der Waals surface area contributed by atoms with Crippen LogP contribution in [0.3, 0.4) is 0 Å². The molecule has 218 valence electrons. The Morgan fingerprint density at radius 2 is 1.22 bits per heavy atom. The van der Waals surface area contributed by atoms with Gasteiger partial charge in [-0.3, -0.25) is 0 Å². The van der Waals surface area contributed by atoms with Crippen molar-refractivity contribution in [2.75, 3.05) is 0 Å². The number of hydrogen-bond acceptors (Lipinski definition) is 3. The molecule has 1 aliphatic heterocycles. The minimum atomic E-state index is -0.985. The maximum Gasteiger partial charge on any atom is 0.336 e. The molecule has 0 unspecified atom stereocenters. The van der Waals surface area contributed by atoms with Crippen molar-refractivity contribution in [3.8, 4) is 17.2 Å². The molecule has 46 heavy (non-hydrogen) atoms. The van der Waals surface area contributed by atoms with Crippen LogP contribution in [-0.2, 0) is 5.41 Å². The molecule has 0 saturated carbocycles. The van der Waals surface area contributed by atoms with E-state index >= 15 is 0 Å². The van der Waals surface area contributed by atoms with Crippen LogP contribution in [0.1, 0.15) is 43.7 Å². The summed E-state index contributed by atoms with van der Waals surface area (Å²) in [5, 5.41) is 26.8. The number of hydrogen-bond donors (Lipinski definition) is 2. The Labute approximate surface area is 264 Å². The third kappa shape index (κ3) is 3.52. The van der Waals surface area contributed by atoms with E-state index in [2.05, 4.69) is 55.1 Å². The number of phenolic OH excluding ortho intramolecular Hbond substituents is 1. The molecule has 1 aliphatic carbocycles. The predicted octanol–water partition coefficient (Wildman–Crippen LogP) is 7.86. The zero-order valence-corrected chi connectivity index (χ0v) is 24.6. The monoisotopic (exact) mass is 594 g/mol. The Balaban J connectivity index is 1.61. The fourth-order valence-electron chi connectivity index (χ4n) is 7.71. The summed E-state index contributed by atoms with van der Waals surface area (Å²) in [5.41, 5.74) is 5.83. The second-order valence-corrected chi connectivity index (χ2v) is 12.1. The van der Waals surface area contributed by atoms with Crippen molar-refractivity contribution >= 4 is 39.7 Å². The van der Waals surface area contributed by atoms with Gasteiger partial charge in [-0.1, -0.05) is 79.4 Å². The van der Waals surface area contributed by atoms with Gasteiger partial charge in [0, 0.05) is 11.1 Å². The van der Waals surface area contributed by atoms with Gasteiger partial charge in [0.2, 0.25) is 0 Å². The molecule has 0 atom stereocenters. The SMILES string of the molecule is C=c1ccc2cc3c(cc2c1)C1(c2ccccc2Oc2ccccc21)c1cc2cc(O)ccc2cc1C=3c1ccccc1C(=O)O. The number of carboxylic acids is 1. The van der Waals surface area contributed by atoms with E-state index in [1.54, 1.807) is 24.3 Å². The highest BCUT2D eigenvalue weighted by atomic mass is 16.5. The van der Waals surface area contributed by atoms with Crippen LogP contribution in [0.25, 0.3) is 33.7 Å². The molecule has 4 heteroatoms. The standard InChI is InChI=1S/C42H26O4/c1-24-14-15-25-20-32-36(22-27(25)18-24)42(34-10-4-6-12-38(34)46-39-13-7-5-11-35(39)42)37-23-28-19-29(43)17-16-26(28)21-33(37)40(32)30-8-2-3-9-31(30)41(44)45/h2-23,43H,1H2,(H,44,45). The molecule has 7 aromatic carbocycles. The quantitative estimate of drug-likeness (QED) is 0.214. The number of aromatic hydroxyl groups is 1. The third-order valence-corrected chi connectivity index (χ3v) is 9.58. The van der Waals surface area contributed by atoms with Gasteiger partial charge < -0.3 is 14.9 Å². The van der Waals surface area contributed by atoms with Crippen LogP contribution >= 0.6 is 0 Å². The Morgan fingerprint density at radius 3 is 1.98 bits per heavy atom. The zero-order valence-electron chi connectivity index (χ0n) is 24.6. The summed E-state index contributed by atoms with van der Waals surface area (Å²) in [6, 6.07) is 43.9. The van der Waals surface area contributed by atoms with Crippen molar-refractivity contribution in [2.45, 2.75) is 5.41 Å². The number of aromatic carboxylic acids is 1. The van der Waals surface area contributed by atoms with Crippen LogP contribution in [0.2, 0.25) is 0 Å². The maximum absolute atomic E-state index is 12.7. The van der Waals surface area contributed by atoms with Crippen LogP contribution in [0.5, 0.6) is 17.2 Å². The highest BCUT2D eigenvalue weighted by Gasteiger charge is 2.49. The first kappa shape index (κ1) is 26.3. The second kappa shape index (κ2) is 9.43. The molecule has 0 saturated heterocycles. The molecule has 9 rings (SSSR count). The van der Waals surface area contributed by atoms with Gasteiger partial charge in [-0.15, -0.1) is 0 Å². The highest BCUT2D eigenvalue weighted by Crippen LogP contribution is 2.58. The van der Waals surface area contributed by atoms with Gasteiger partial charge in [-0.05, 0) is 120 Å². The van der Waals surface area contributed by atoms with E-state index < -0.39 is 11.4 Å². The van der Waals surface area contributed by atoms with Gasteiger partial charge in [0.1, 0.15) is 17.2 Å². The Morgan fingerprint density at radius 1 is 0.587 bits per heavy atom. The lowest BCUT2D eigenvalue weighted by atomic mass is 9.58. The predicted molar refractivity (Wildman–Crippen MR) is 181 cm³/mol. The number of ether oxygens (including phenoxy) is 1. The fraction of sp³-hybridized carbons (Fsp3) is 0.0238. The summed E-state index contributed by atoms with van der Waals surface area (Å²) in [7, 11) is 0. The lowest BCUT2D eigenvalue weighted by Gasteiger charge is -2.45. The molecule has 1 heterocycles. The van der Waals surface area contributed by atoms with Gasteiger partial charge in [-0.25, -0.2) is 4.79 Å².